The van der Waals surface area contributed by atoms with E-state index in [-0.39, 0.29) is 27.8 Å². The van der Waals surface area contributed by atoms with Gasteiger partial charge in [0, 0.05) is 17.7 Å². The third kappa shape index (κ3) is 3.00. The van der Waals surface area contributed by atoms with Crippen molar-refractivity contribution >= 4 is 11.6 Å². The smallest absolute Gasteiger partial charge is 0.436 e. The molecule has 24 heavy (non-hydrogen) atoms. The summed E-state index contributed by atoms with van der Waals surface area (Å²) in [6.07, 6.45) is -3.06. The van der Waals surface area contributed by atoms with Crippen LogP contribution in [0.15, 0.2) is 30.7 Å². The molecule has 0 atom stereocenters. The minimum absolute atomic E-state index is 0.0852. The van der Waals surface area contributed by atoms with E-state index >= 15 is 0 Å². The quantitative estimate of drug-likeness (QED) is 0.711. The molecule has 0 saturated carbocycles. The number of hydrogen-bond acceptors (Lipinski definition) is 5. The van der Waals surface area contributed by atoms with Crippen LogP contribution in [-0.2, 0) is 6.18 Å². The molecule has 11 heteroatoms. The van der Waals surface area contributed by atoms with E-state index in [0.29, 0.717) is 6.20 Å². The molecule has 0 radical (unpaired) electrons. The molecular weight excluding hydrogens is 354 g/mol. The van der Waals surface area contributed by atoms with Crippen molar-refractivity contribution in [1.29, 1.82) is 0 Å². The third-order valence-corrected chi connectivity index (χ3v) is 3.29. The number of benzene rings is 1. The Kier molecular flexibility index (Phi) is 3.84. The fourth-order valence-corrected chi connectivity index (χ4v) is 2.10. The number of aromatic hydroxyl groups is 1. The van der Waals surface area contributed by atoms with Crippen LogP contribution in [0.2, 0.25) is 5.02 Å². The van der Waals surface area contributed by atoms with Crippen molar-refractivity contribution in [3.8, 4) is 22.8 Å². The normalized spacial score (nSPS) is 11.7. The number of aromatic nitrogens is 5. The van der Waals surface area contributed by atoms with Crippen LogP contribution in [0.25, 0.3) is 16.9 Å². The summed E-state index contributed by atoms with van der Waals surface area (Å²) in [5.74, 6) is -1.24. The molecule has 0 unspecified atom stereocenters. The van der Waals surface area contributed by atoms with Gasteiger partial charge in [0.2, 0.25) is 5.88 Å². The Balaban J connectivity index is 2.20. The summed E-state index contributed by atoms with van der Waals surface area (Å²) in [6, 6.07) is 3.20. The first-order valence-electron chi connectivity index (χ1n) is 6.26. The van der Waals surface area contributed by atoms with E-state index in [1.54, 1.807) is 0 Å². The predicted octanol–water partition coefficient (Wildman–Crippen LogP) is 3.24. The number of rotatable bonds is 2. The Morgan fingerprint density at radius 2 is 1.88 bits per heavy atom. The number of alkyl halides is 3. The van der Waals surface area contributed by atoms with Crippen molar-refractivity contribution in [3.63, 3.8) is 0 Å². The fraction of sp³-hybridized carbons (Fsp3) is 0.0769. The molecule has 0 aliphatic carbocycles. The second-order valence-electron chi connectivity index (χ2n) is 4.59. The van der Waals surface area contributed by atoms with Crippen molar-refractivity contribution in [1.82, 2.24) is 25.0 Å². The monoisotopic (exact) mass is 359 g/mol. The van der Waals surface area contributed by atoms with Crippen molar-refractivity contribution < 1.29 is 22.7 Å². The first-order chi connectivity index (χ1) is 11.3. The molecule has 1 N–H and O–H groups in total. The first-order valence-corrected chi connectivity index (χ1v) is 6.64. The lowest BCUT2D eigenvalue weighted by molar-refractivity contribution is -0.141. The Hall–Kier alpha value is -2.75. The van der Waals surface area contributed by atoms with Crippen LogP contribution < -0.4 is 0 Å². The lowest BCUT2D eigenvalue weighted by Crippen LogP contribution is -2.05. The summed E-state index contributed by atoms with van der Waals surface area (Å²) in [7, 11) is 0. The van der Waals surface area contributed by atoms with E-state index in [9.17, 15) is 22.7 Å². The third-order valence-electron chi connectivity index (χ3n) is 3.00. The Labute approximate surface area is 136 Å². The summed E-state index contributed by atoms with van der Waals surface area (Å²) in [4.78, 5) is 7.38. The van der Waals surface area contributed by atoms with Crippen LogP contribution in [-0.4, -0.2) is 30.1 Å². The molecule has 0 aliphatic rings. The Morgan fingerprint density at radius 1 is 1.12 bits per heavy atom. The Bertz CT molecular complexity index is 912. The highest BCUT2D eigenvalue weighted by molar-refractivity contribution is 6.31. The molecule has 0 amide bonds. The highest BCUT2D eigenvalue weighted by Crippen LogP contribution is 2.33. The van der Waals surface area contributed by atoms with Crippen molar-refractivity contribution in [2.24, 2.45) is 0 Å². The van der Waals surface area contributed by atoms with Crippen LogP contribution in [0.5, 0.6) is 5.88 Å². The molecule has 3 aromatic rings. The van der Waals surface area contributed by atoms with E-state index in [1.165, 1.54) is 0 Å². The highest BCUT2D eigenvalue weighted by atomic mass is 35.5. The van der Waals surface area contributed by atoms with Crippen molar-refractivity contribution in [2.45, 2.75) is 6.18 Å². The van der Waals surface area contributed by atoms with Crippen LogP contribution in [0.4, 0.5) is 17.6 Å². The molecule has 0 saturated heterocycles. The summed E-state index contributed by atoms with van der Waals surface area (Å²) in [5.41, 5.74) is -1.08. The molecule has 6 nitrogen and oxygen atoms in total. The highest BCUT2D eigenvalue weighted by Gasteiger charge is 2.34. The summed E-state index contributed by atoms with van der Waals surface area (Å²) in [6.45, 7) is 0. The van der Waals surface area contributed by atoms with Gasteiger partial charge in [0.25, 0.3) is 0 Å². The van der Waals surface area contributed by atoms with Gasteiger partial charge >= 0.3 is 6.18 Å². The SMILES string of the molecule is Oc1cc(-c2cc(Cl)c(F)cc2-n2cc(C(F)(F)F)nn2)ncn1. The maximum atomic E-state index is 13.8. The van der Waals surface area contributed by atoms with Gasteiger partial charge in [-0.25, -0.2) is 19.0 Å². The summed E-state index contributed by atoms with van der Waals surface area (Å²) >= 11 is 5.73. The summed E-state index contributed by atoms with van der Waals surface area (Å²) in [5, 5.41) is 15.5. The van der Waals surface area contributed by atoms with E-state index in [4.69, 9.17) is 11.6 Å². The maximum absolute atomic E-state index is 13.8. The molecule has 3 rings (SSSR count). The molecule has 124 valence electrons. The second-order valence-corrected chi connectivity index (χ2v) is 5.00. The lowest BCUT2D eigenvalue weighted by atomic mass is 10.1. The zero-order valence-electron chi connectivity index (χ0n) is 11.5. The van der Waals surface area contributed by atoms with Gasteiger partial charge < -0.3 is 5.11 Å². The van der Waals surface area contributed by atoms with Gasteiger partial charge in [-0.05, 0) is 6.07 Å². The van der Waals surface area contributed by atoms with Gasteiger partial charge in [0.05, 0.1) is 22.6 Å². The van der Waals surface area contributed by atoms with Crippen molar-refractivity contribution in [3.05, 3.63) is 47.3 Å². The molecule has 0 fully saturated rings. The van der Waals surface area contributed by atoms with Crippen molar-refractivity contribution in [2.75, 3.05) is 0 Å². The zero-order valence-corrected chi connectivity index (χ0v) is 12.2. The molecule has 0 spiro atoms. The summed E-state index contributed by atoms with van der Waals surface area (Å²) < 4.78 is 52.5. The minimum atomic E-state index is -4.70. The van der Waals surface area contributed by atoms with Crippen LogP contribution >= 0.6 is 11.6 Å². The van der Waals surface area contributed by atoms with Gasteiger partial charge in [0.1, 0.15) is 12.1 Å². The lowest BCUT2D eigenvalue weighted by Gasteiger charge is -2.10. The van der Waals surface area contributed by atoms with Gasteiger partial charge in [0.15, 0.2) is 5.69 Å². The molecular formula is C13H6ClF4N5O. The van der Waals surface area contributed by atoms with Gasteiger partial charge in [-0.2, -0.15) is 13.2 Å². The average Bonchev–Trinajstić information content (AvgIpc) is 2.99. The molecule has 1 aromatic carbocycles. The predicted molar refractivity (Wildman–Crippen MR) is 74.0 cm³/mol. The molecule has 0 aliphatic heterocycles. The molecule has 2 aromatic heterocycles. The topological polar surface area (TPSA) is 76.7 Å². The van der Waals surface area contributed by atoms with E-state index < -0.39 is 17.7 Å². The van der Waals surface area contributed by atoms with E-state index in [1.807, 2.05) is 0 Å². The number of halogens is 5. The van der Waals surface area contributed by atoms with Crippen LogP contribution in [0.3, 0.4) is 0 Å². The average molecular weight is 360 g/mol. The van der Waals surface area contributed by atoms with Crippen LogP contribution in [0.1, 0.15) is 5.69 Å². The number of nitrogens with zero attached hydrogens (tertiary/aromatic N) is 5. The maximum Gasteiger partial charge on any atom is 0.436 e. The largest absolute Gasteiger partial charge is 0.493 e. The molecule has 2 heterocycles. The van der Waals surface area contributed by atoms with Gasteiger partial charge in [-0.1, -0.05) is 16.8 Å². The zero-order chi connectivity index (χ0) is 17.5. The molecule has 0 bridgehead atoms. The minimum Gasteiger partial charge on any atom is -0.493 e. The van der Waals surface area contributed by atoms with Crippen LogP contribution in [0, 0.1) is 5.82 Å². The Morgan fingerprint density at radius 3 is 2.50 bits per heavy atom. The number of hydrogen-bond donors (Lipinski definition) is 1. The standard InChI is InChI=1S/C13H6ClF4N5O/c14-7-1-6(9-3-12(24)20-5-19-9)10(2-8(7)15)23-4-11(21-22-23)13(16,17)18/h1-5H,(H,19,20,24). The van der Waals surface area contributed by atoms with E-state index in [2.05, 4.69) is 20.3 Å². The first kappa shape index (κ1) is 16.1. The van der Waals surface area contributed by atoms with Gasteiger partial charge in [-0.3, -0.25) is 0 Å². The van der Waals surface area contributed by atoms with Gasteiger partial charge in [-0.15, -0.1) is 5.10 Å². The second kappa shape index (κ2) is 5.71. The fourth-order valence-electron chi connectivity index (χ4n) is 1.94. The van der Waals surface area contributed by atoms with E-state index in [0.717, 1.165) is 29.2 Å².